The van der Waals surface area contributed by atoms with E-state index in [4.69, 9.17) is 0 Å². The van der Waals surface area contributed by atoms with Crippen LogP contribution in [0.25, 0.3) is 0 Å². The number of anilines is 1. The largest absolute Gasteiger partial charge is 0.379 e. The summed E-state index contributed by atoms with van der Waals surface area (Å²) in [6, 6.07) is 1.68. The van der Waals surface area contributed by atoms with Gasteiger partial charge in [-0.1, -0.05) is 0 Å². The van der Waals surface area contributed by atoms with E-state index in [0.717, 1.165) is 12.1 Å². The Kier molecular flexibility index (Phi) is 3.40. The molecule has 0 saturated carbocycles. The molecule has 2 rings (SSSR count). The highest BCUT2D eigenvalue weighted by atomic mass is 79.9. The number of hydrogen-bond donors (Lipinski definition) is 1. The number of halogens is 3. The summed E-state index contributed by atoms with van der Waals surface area (Å²) >= 11 is 2.87. The van der Waals surface area contributed by atoms with Crippen LogP contribution in [0.2, 0.25) is 0 Å². The summed E-state index contributed by atoms with van der Waals surface area (Å²) in [5, 5.41) is 2.72. The molecule has 0 aliphatic carbocycles. The molecule has 0 spiro atoms. The van der Waals surface area contributed by atoms with E-state index in [9.17, 15) is 17.2 Å². The molecule has 1 saturated heterocycles. The number of rotatable bonds is 2. The minimum Gasteiger partial charge on any atom is -0.379 e. The first-order valence-corrected chi connectivity index (χ1v) is 7.60. The Balaban J connectivity index is 2.17. The summed E-state index contributed by atoms with van der Waals surface area (Å²) < 4.78 is 49.2. The van der Waals surface area contributed by atoms with Gasteiger partial charge in [0.05, 0.1) is 21.7 Å². The minimum absolute atomic E-state index is 0.00667. The topological polar surface area (TPSA) is 46.2 Å². The van der Waals surface area contributed by atoms with Crippen LogP contribution in [0.1, 0.15) is 6.42 Å². The van der Waals surface area contributed by atoms with Crippen molar-refractivity contribution in [1.82, 2.24) is 0 Å². The van der Waals surface area contributed by atoms with Crippen molar-refractivity contribution in [1.29, 1.82) is 0 Å². The van der Waals surface area contributed by atoms with E-state index in [2.05, 4.69) is 21.2 Å². The maximum Gasteiger partial charge on any atom is 0.152 e. The molecular formula is C10H10BrF2NO2S. The molecule has 1 fully saturated rings. The molecule has 17 heavy (non-hydrogen) atoms. The second-order valence-corrected chi connectivity index (χ2v) is 7.07. The van der Waals surface area contributed by atoms with E-state index in [1.165, 1.54) is 0 Å². The van der Waals surface area contributed by atoms with E-state index in [0.29, 0.717) is 6.42 Å². The van der Waals surface area contributed by atoms with E-state index < -0.39 is 21.5 Å². The Morgan fingerprint density at radius 2 is 2.00 bits per heavy atom. The van der Waals surface area contributed by atoms with Crippen LogP contribution in [-0.4, -0.2) is 26.0 Å². The third-order valence-corrected chi connectivity index (χ3v) is 4.98. The van der Waals surface area contributed by atoms with Gasteiger partial charge in [-0.15, -0.1) is 0 Å². The molecule has 0 amide bonds. The van der Waals surface area contributed by atoms with Gasteiger partial charge in [0.25, 0.3) is 0 Å². The molecule has 1 aromatic carbocycles. The maximum atomic E-state index is 13.5. The zero-order chi connectivity index (χ0) is 12.6. The second-order valence-electron chi connectivity index (χ2n) is 3.99. The van der Waals surface area contributed by atoms with Crippen molar-refractivity contribution in [3.63, 3.8) is 0 Å². The van der Waals surface area contributed by atoms with Crippen LogP contribution >= 0.6 is 15.9 Å². The molecule has 0 bridgehead atoms. The monoisotopic (exact) mass is 325 g/mol. The van der Waals surface area contributed by atoms with Crippen molar-refractivity contribution in [2.75, 3.05) is 16.8 Å². The molecule has 1 aromatic rings. The number of nitrogens with one attached hydrogen (secondary N) is 1. The summed E-state index contributed by atoms with van der Waals surface area (Å²) in [7, 11) is -3.03. The standard InChI is InChI=1S/C10H10BrF2NO2S/c11-7-3-9(13)10(4-8(7)12)14-6-1-2-17(15,16)5-6/h3-4,6,14H,1-2,5H2. The SMILES string of the molecule is O=S1(=O)CCC(Nc2cc(F)c(Br)cc2F)C1. The summed E-state index contributed by atoms with van der Waals surface area (Å²) in [4.78, 5) is 0. The normalized spacial score (nSPS) is 22.6. The summed E-state index contributed by atoms with van der Waals surface area (Å²) in [6.07, 6.45) is 0.416. The summed E-state index contributed by atoms with van der Waals surface area (Å²) in [5.74, 6) is -1.15. The van der Waals surface area contributed by atoms with Gasteiger partial charge in [0.15, 0.2) is 9.84 Å². The van der Waals surface area contributed by atoms with Crippen LogP contribution in [0.15, 0.2) is 16.6 Å². The lowest BCUT2D eigenvalue weighted by Crippen LogP contribution is -2.21. The third-order valence-electron chi connectivity index (χ3n) is 2.60. The van der Waals surface area contributed by atoms with Crippen molar-refractivity contribution in [3.8, 4) is 0 Å². The lowest BCUT2D eigenvalue weighted by Gasteiger charge is -2.13. The predicted octanol–water partition coefficient (Wildman–Crippen LogP) is 2.33. The fraction of sp³-hybridized carbons (Fsp3) is 0.400. The molecule has 1 aliphatic heterocycles. The fourth-order valence-electron chi connectivity index (χ4n) is 1.76. The van der Waals surface area contributed by atoms with Crippen LogP contribution in [-0.2, 0) is 9.84 Å². The van der Waals surface area contributed by atoms with Gasteiger partial charge in [-0.25, -0.2) is 17.2 Å². The lowest BCUT2D eigenvalue weighted by molar-refractivity contribution is 0.594. The molecule has 0 radical (unpaired) electrons. The van der Waals surface area contributed by atoms with Crippen LogP contribution in [0.5, 0.6) is 0 Å². The Bertz CT molecular complexity index is 547. The zero-order valence-electron chi connectivity index (χ0n) is 8.71. The van der Waals surface area contributed by atoms with Gasteiger partial charge in [-0.3, -0.25) is 0 Å². The summed E-state index contributed by atoms with van der Waals surface area (Å²) in [6.45, 7) is 0. The van der Waals surface area contributed by atoms with Crippen LogP contribution in [0.3, 0.4) is 0 Å². The fourth-order valence-corrected chi connectivity index (χ4v) is 3.75. The van der Waals surface area contributed by atoms with Crippen LogP contribution < -0.4 is 5.32 Å². The average molecular weight is 326 g/mol. The number of sulfone groups is 1. The van der Waals surface area contributed by atoms with Crippen molar-refractivity contribution >= 4 is 31.5 Å². The number of benzene rings is 1. The number of hydrogen-bond acceptors (Lipinski definition) is 3. The van der Waals surface area contributed by atoms with Gasteiger partial charge >= 0.3 is 0 Å². The molecule has 1 aliphatic rings. The molecule has 1 N–H and O–H groups in total. The quantitative estimate of drug-likeness (QED) is 0.849. The first-order chi connectivity index (χ1) is 7.87. The van der Waals surface area contributed by atoms with Crippen LogP contribution in [0, 0.1) is 11.6 Å². The Morgan fingerprint density at radius 1 is 1.29 bits per heavy atom. The first-order valence-electron chi connectivity index (χ1n) is 4.99. The Hall–Kier alpha value is -0.690. The van der Waals surface area contributed by atoms with Crippen molar-refractivity contribution in [2.24, 2.45) is 0 Å². The van der Waals surface area contributed by atoms with Gasteiger partial charge in [-0.2, -0.15) is 0 Å². The Labute approximate surface area is 106 Å². The van der Waals surface area contributed by atoms with Crippen LogP contribution in [0.4, 0.5) is 14.5 Å². The van der Waals surface area contributed by atoms with Crippen molar-refractivity contribution < 1.29 is 17.2 Å². The molecule has 1 heterocycles. The van der Waals surface area contributed by atoms with Gasteiger partial charge in [0.1, 0.15) is 11.6 Å². The first kappa shape index (κ1) is 12.8. The highest BCUT2D eigenvalue weighted by molar-refractivity contribution is 9.10. The van der Waals surface area contributed by atoms with E-state index in [1.807, 2.05) is 0 Å². The second kappa shape index (κ2) is 4.53. The van der Waals surface area contributed by atoms with Crippen molar-refractivity contribution in [2.45, 2.75) is 12.5 Å². The molecule has 0 aromatic heterocycles. The molecule has 1 atom stereocenters. The van der Waals surface area contributed by atoms with E-state index in [1.54, 1.807) is 0 Å². The van der Waals surface area contributed by atoms with Crippen molar-refractivity contribution in [3.05, 3.63) is 28.2 Å². The molecule has 1 unspecified atom stereocenters. The minimum atomic E-state index is -3.03. The zero-order valence-corrected chi connectivity index (χ0v) is 11.1. The summed E-state index contributed by atoms with van der Waals surface area (Å²) in [5.41, 5.74) is -0.00667. The predicted molar refractivity (Wildman–Crippen MR) is 64.7 cm³/mol. The third kappa shape index (κ3) is 2.95. The lowest BCUT2D eigenvalue weighted by atomic mass is 10.2. The van der Waals surface area contributed by atoms with Gasteiger partial charge in [0, 0.05) is 12.1 Å². The van der Waals surface area contributed by atoms with Gasteiger partial charge in [-0.05, 0) is 28.4 Å². The molecule has 7 heteroatoms. The Morgan fingerprint density at radius 3 is 2.59 bits per heavy atom. The smallest absolute Gasteiger partial charge is 0.152 e. The van der Waals surface area contributed by atoms with E-state index in [-0.39, 0.29) is 27.7 Å². The van der Waals surface area contributed by atoms with E-state index >= 15 is 0 Å². The molecule has 94 valence electrons. The molecular weight excluding hydrogens is 316 g/mol. The van der Waals surface area contributed by atoms with Gasteiger partial charge in [0.2, 0.25) is 0 Å². The highest BCUT2D eigenvalue weighted by Gasteiger charge is 2.28. The molecule has 3 nitrogen and oxygen atoms in total. The van der Waals surface area contributed by atoms with Gasteiger partial charge < -0.3 is 5.32 Å². The highest BCUT2D eigenvalue weighted by Crippen LogP contribution is 2.25. The maximum absolute atomic E-state index is 13.5. The average Bonchev–Trinajstić information content (AvgIpc) is 2.54.